The molecule has 0 saturated heterocycles. The molecule has 0 fully saturated rings. The molecular formula is C11H16ClFN2O2S. The Morgan fingerprint density at radius 3 is 2.67 bits per heavy atom. The van der Waals surface area contributed by atoms with Gasteiger partial charge in [-0.05, 0) is 25.1 Å². The Bertz CT molecular complexity index is 474. The average molecular weight is 295 g/mol. The molecule has 4 nitrogen and oxygen atoms in total. The zero-order chi connectivity index (χ0) is 13.6. The zero-order valence-corrected chi connectivity index (χ0v) is 11.6. The monoisotopic (exact) mass is 294 g/mol. The first-order valence-electron chi connectivity index (χ1n) is 5.48. The molecule has 2 N–H and O–H groups in total. The molecule has 0 bridgehead atoms. The highest BCUT2D eigenvalue weighted by atomic mass is 35.5. The van der Waals surface area contributed by atoms with Crippen LogP contribution in [0.1, 0.15) is 12.0 Å². The van der Waals surface area contributed by atoms with Gasteiger partial charge in [-0.1, -0.05) is 17.7 Å². The zero-order valence-electron chi connectivity index (χ0n) is 10.0. The number of hydrogen-bond acceptors (Lipinski definition) is 3. The number of benzene rings is 1. The lowest BCUT2D eigenvalue weighted by Crippen LogP contribution is -2.26. The van der Waals surface area contributed by atoms with Crippen LogP contribution in [0.3, 0.4) is 0 Å². The molecule has 0 heterocycles. The molecule has 1 aromatic rings. The summed E-state index contributed by atoms with van der Waals surface area (Å²) >= 11 is 5.86. The SMILES string of the molecule is CS(=O)(=O)NCCCNCc1c(F)cccc1Cl. The molecule has 0 aliphatic heterocycles. The van der Waals surface area contributed by atoms with Crippen molar-refractivity contribution >= 4 is 21.6 Å². The molecule has 0 unspecified atom stereocenters. The standard InChI is InChI=1S/C11H16ClFN2O2S/c1-18(16,17)15-7-3-6-14-8-9-10(12)4-2-5-11(9)13/h2,4-5,14-15H,3,6-8H2,1H3. The van der Waals surface area contributed by atoms with Crippen molar-refractivity contribution in [2.24, 2.45) is 0 Å². The van der Waals surface area contributed by atoms with E-state index in [1.54, 1.807) is 12.1 Å². The Morgan fingerprint density at radius 2 is 2.06 bits per heavy atom. The van der Waals surface area contributed by atoms with Crippen LogP contribution < -0.4 is 10.0 Å². The summed E-state index contributed by atoms with van der Waals surface area (Å²) < 4.78 is 37.3. The number of halogens is 2. The Morgan fingerprint density at radius 1 is 1.33 bits per heavy atom. The molecule has 0 saturated carbocycles. The lowest BCUT2D eigenvalue weighted by Gasteiger charge is -2.08. The predicted octanol–water partition coefficient (Wildman–Crippen LogP) is 1.51. The molecule has 1 aromatic carbocycles. The minimum Gasteiger partial charge on any atom is -0.312 e. The van der Waals surface area contributed by atoms with E-state index in [-0.39, 0.29) is 5.82 Å². The van der Waals surface area contributed by atoms with Crippen LogP contribution in [-0.2, 0) is 16.6 Å². The van der Waals surface area contributed by atoms with Crippen molar-refractivity contribution < 1.29 is 12.8 Å². The van der Waals surface area contributed by atoms with Crippen molar-refractivity contribution in [3.8, 4) is 0 Å². The molecule has 0 atom stereocenters. The second-order valence-corrected chi connectivity index (χ2v) is 6.14. The first-order chi connectivity index (χ1) is 8.40. The summed E-state index contributed by atoms with van der Waals surface area (Å²) in [6.07, 6.45) is 1.73. The highest BCUT2D eigenvalue weighted by Gasteiger charge is 2.05. The minimum atomic E-state index is -3.14. The van der Waals surface area contributed by atoms with Gasteiger partial charge in [-0.3, -0.25) is 0 Å². The lowest BCUT2D eigenvalue weighted by atomic mass is 10.2. The van der Waals surface area contributed by atoms with Gasteiger partial charge in [0, 0.05) is 23.7 Å². The van der Waals surface area contributed by atoms with E-state index in [4.69, 9.17) is 11.6 Å². The van der Waals surface area contributed by atoms with Crippen LogP contribution in [0.5, 0.6) is 0 Å². The molecule has 18 heavy (non-hydrogen) atoms. The summed E-state index contributed by atoms with van der Waals surface area (Å²) in [5.41, 5.74) is 0.426. The maximum Gasteiger partial charge on any atom is 0.208 e. The van der Waals surface area contributed by atoms with Gasteiger partial charge >= 0.3 is 0 Å². The molecule has 0 aliphatic rings. The summed E-state index contributed by atoms with van der Waals surface area (Å²) in [4.78, 5) is 0. The second-order valence-electron chi connectivity index (χ2n) is 3.90. The van der Waals surface area contributed by atoms with Gasteiger partial charge in [-0.25, -0.2) is 17.5 Å². The first-order valence-corrected chi connectivity index (χ1v) is 7.75. The fraction of sp³-hybridized carbons (Fsp3) is 0.455. The van der Waals surface area contributed by atoms with Crippen molar-refractivity contribution in [2.75, 3.05) is 19.3 Å². The second kappa shape index (κ2) is 7.04. The van der Waals surface area contributed by atoms with Crippen LogP contribution in [0.4, 0.5) is 4.39 Å². The van der Waals surface area contributed by atoms with E-state index < -0.39 is 10.0 Å². The normalized spacial score (nSPS) is 11.7. The quantitative estimate of drug-likeness (QED) is 0.750. The Balaban J connectivity index is 2.26. The maximum atomic E-state index is 13.4. The topological polar surface area (TPSA) is 58.2 Å². The third-order valence-corrected chi connectivity index (χ3v) is 3.34. The van der Waals surface area contributed by atoms with Crippen molar-refractivity contribution in [1.82, 2.24) is 10.0 Å². The fourth-order valence-corrected chi connectivity index (χ4v) is 2.13. The Hall–Kier alpha value is -0.690. The van der Waals surface area contributed by atoms with Crippen LogP contribution in [0.25, 0.3) is 0 Å². The third kappa shape index (κ3) is 5.77. The molecule has 0 radical (unpaired) electrons. The molecule has 1 rings (SSSR count). The number of sulfonamides is 1. The van der Waals surface area contributed by atoms with Crippen molar-refractivity contribution in [3.63, 3.8) is 0 Å². The van der Waals surface area contributed by atoms with E-state index in [2.05, 4.69) is 10.0 Å². The van der Waals surface area contributed by atoms with Crippen molar-refractivity contribution in [3.05, 3.63) is 34.6 Å². The van der Waals surface area contributed by atoms with Gasteiger partial charge in [-0.2, -0.15) is 0 Å². The van der Waals surface area contributed by atoms with E-state index in [0.29, 0.717) is 36.6 Å². The fourth-order valence-electron chi connectivity index (χ4n) is 1.39. The van der Waals surface area contributed by atoms with Crippen molar-refractivity contribution in [1.29, 1.82) is 0 Å². The van der Waals surface area contributed by atoms with Crippen LogP contribution in [0.15, 0.2) is 18.2 Å². The van der Waals surface area contributed by atoms with E-state index in [9.17, 15) is 12.8 Å². The van der Waals surface area contributed by atoms with E-state index >= 15 is 0 Å². The van der Waals surface area contributed by atoms with Crippen LogP contribution in [-0.4, -0.2) is 27.8 Å². The van der Waals surface area contributed by atoms with E-state index in [1.807, 2.05) is 0 Å². The van der Waals surface area contributed by atoms with E-state index in [0.717, 1.165) is 6.26 Å². The lowest BCUT2D eigenvalue weighted by molar-refractivity contribution is 0.570. The highest BCUT2D eigenvalue weighted by molar-refractivity contribution is 7.88. The van der Waals surface area contributed by atoms with Crippen LogP contribution in [0.2, 0.25) is 5.02 Å². The Labute approximate surface area is 112 Å². The van der Waals surface area contributed by atoms with Gasteiger partial charge in [0.1, 0.15) is 5.82 Å². The van der Waals surface area contributed by atoms with Gasteiger partial charge in [0.15, 0.2) is 0 Å². The van der Waals surface area contributed by atoms with Gasteiger partial charge in [0.05, 0.1) is 6.26 Å². The van der Waals surface area contributed by atoms with Crippen LogP contribution >= 0.6 is 11.6 Å². The largest absolute Gasteiger partial charge is 0.312 e. The summed E-state index contributed by atoms with van der Waals surface area (Å²) in [5.74, 6) is -0.343. The highest BCUT2D eigenvalue weighted by Crippen LogP contribution is 2.18. The molecular weight excluding hydrogens is 279 g/mol. The third-order valence-electron chi connectivity index (χ3n) is 2.26. The predicted molar refractivity (Wildman–Crippen MR) is 70.6 cm³/mol. The molecule has 0 aliphatic carbocycles. The van der Waals surface area contributed by atoms with Crippen LogP contribution in [0, 0.1) is 5.82 Å². The summed E-state index contributed by atoms with van der Waals surface area (Å²) in [6.45, 7) is 1.26. The smallest absolute Gasteiger partial charge is 0.208 e. The van der Waals surface area contributed by atoms with E-state index in [1.165, 1.54) is 6.07 Å². The molecule has 7 heteroatoms. The average Bonchev–Trinajstić information content (AvgIpc) is 2.25. The maximum absolute atomic E-state index is 13.4. The van der Waals surface area contributed by atoms with Gasteiger partial charge < -0.3 is 5.32 Å². The molecule has 0 amide bonds. The van der Waals surface area contributed by atoms with Crippen molar-refractivity contribution in [2.45, 2.75) is 13.0 Å². The number of hydrogen-bond donors (Lipinski definition) is 2. The molecule has 0 aromatic heterocycles. The first kappa shape index (κ1) is 15.4. The summed E-state index contributed by atoms with van der Waals surface area (Å²) in [7, 11) is -3.14. The minimum absolute atomic E-state index is 0.324. The molecule has 102 valence electrons. The summed E-state index contributed by atoms with van der Waals surface area (Å²) in [5, 5.41) is 3.40. The summed E-state index contributed by atoms with van der Waals surface area (Å²) in [6, 6.07) is 4.54. The number of rotatable bonds is 7. The Kier molecular flexibility index (Phi) is 6.01. The molecule has 0 spiro atoms. The van der Waals surface area contributed by atoms with Gasteiger partial charge in [-0.15, -0.1) is 0 Å². The van der Waals surface area contributed by atoms with Gasteiger partial charge in [0.25, 0.3) is 0 Å². The number of nitrogens with one attached hydrogen (secondary N) is 2. The van der Waals surface area contributed by atoms with Gasteiger partial charge in [0.2, 0.25) is 10.0 Å².